The molecule has 4 nitrogen and oxygen atoms in total. The van der Waals surface area contributed by atoms with Gasteiger partial charge in [0.1, 0.15) is 11.8 Å². The van der Waals surface area contributed by atoms with E-state index >= 15 is 0 Å². The van der Waals surface area contributed by atoms with Crippen molar-refractivity contribution in [3.63, 3.8) is 0 Å². The molecule has 0 aliphatic heterocycles. The first-order chi connectivity index (χ1) is 8.99. The van der Waals surface area contributed by atoms with E-state index in [1.807, 2.05) is 32.0 Å². The molecule has 2 atom stereocenters. The largest absolute Gasteiger partial charge is 0.497 e. The van der Waals surface area contributed by atoms with E-state index in [9.17, 15) is 9.90 Å². The van der Waals surface area contributed by atoms with Gasteiger partial charge in [-0.3, -0.25) is 4.79 Å². The van der Waals surface area contributed by atoms with Gasteiger partial charge in [-0.05, 0) is 29.7 Å². The molecule has 0 bridgehead atoms. The maximum absolute atomic E-state index is 11.2. The fraction of sp³-hybridized carbons (Fsp3) is 0.500. The topological polar surface area (TPSA) is 58.6 Å². The molecular weight excluding hydrogens is 310 g/mol. The first-order valence-electron chi connectivity index (χ1n) is 6.28. The summed E-state index contributed by atoms with van der Waals surface area (Å²) < 4.78 is 6.11. The minimum atomic E-state index is -0.812. The Morgan fingerprint density at radius 3 is 2.74 bits per heavy atom. The summed E-state index contributed by atoms with van der Waals surface area (Å²) in [6.45, 7) is 4.41. The summed E-state index contributed by atoms with van der Waals surface area (Å²) >= 11 is 3.46. The highest BCUT2D eigenvalue weighted by molar-refractivity contribution is 9.10. The van der Waals surface area contributed by atoms with Crippen LogP contribution in [0.1, 0.15) is 25.8 Å². The van der Waals surface area contributed by atoms with Crippen molar-refractivity contribution < 1.29 is 14.6 Å². The van der Waals surface area contributed by atoms with Crippen LogP contribution < -0.4 is 10.1 Å². The summed E-state index contributed by atoms with van der Waals surface area (Å²) in [4.78, 5) is 11.2. The van der Waals surface area contributed by atoms with Gasteiger partial charge in [0.15, 0.2) is 0 Å². The van der Waals surface area contributed by atoms with Gasteiger partial charge in [0.2, 0.25) is 0 Å². The Morgan fingerprint density at radius 1 is 1.53 bits per heavy atom. The van der Waals surface area contributed by atoms with E-state index in [0.717, 1.165) is 22.2 Å². The van der Waals surface area contributed by atoms with Gasteiger partial charge in [0, 0.05) is 11.0 Å². The summed E-state index contributed by atoms with van der Waals surface area (Å²) in [5.41, 5.74) is 0.980. The molecule has 106 valence electrons. The van der Waals surface area contributed by atoms with Crippen molar-refractivity contribution in [1.29, 1.82) is 0 Å². The van der Waals surface area contributed by atoms with Crippen LogP contribution in [0.25, 0.3) is 0 Å². The van der Waals surface area contributed by atoms with Gasteiger partial charge in [-0.25, -0.2) is 0 Å². The molecule has 0 aromatic heterocycles. The van der Waals surface area contributed by atoms with Crippen molar-refractivity contribution in [3.8, 4) is 5.75 Å². The highest BCUT2D eigenvalue weighted by Gasteiger charge is 2.22. The molecule has 1 rings (SSSR count). The van der Waals surface area contributed by atoms with Crippen LogP contribution in [0, 0.1) is 5.92 Å². The predicted molar refractivity (Wildman–Crippen MR) is 78.4 cm³/mol. The molecule has 1 aromatic carbocycles. The molecule has 0 amide bonds. The second-order valence-electron chi connectivity index (χ2n) is 4.54. The number of carboxylic acid groups (broad SMARTS) is 1. The number of aliphatic carboxylic acids is 1. The minimum Gasteiger partial charge on any atom is -0.497 e. The van der Waals surface area contributed by atoms with Crippen molar-refractivity contribution in [2.75, 3.05) is 7.11 Å². The van der Waals surface area contributed by atoms with Crippen molar-refractivity contribution in [2.45, 2.75) is 32.9 Å². The average molecular weight is 330 g/mol. The number of nitrogens with one attached hydrogen (secondary N) is 1. The van der Waals surface area contributed by atoms with Crippen LogP contribution in [0.15, 0.2) is 22.7 Å². The number of carbonyl (C=O) groups is 1. The molecule has 0 spiro atoms. The van der Waals surface area contributed by atoms with Crippen molar-refractivity contribution in [1.82, 2.24) is 5.32 Å². The number of methoxy groups -OCH3 is 1. The smallest absolute Gasteiger partial charge is 0.320 e. The van der Waals surface area contributed by atoms with Crippen LogP contribution >= 0.6 is 15.9 Å². The van der Waals surface area contributed by atoms with Crippen molar-refractivity contribution in [3.05, 3.63) is 28.2 Å². The Bertz CT molecular complexity index is 437. The van der Waals surface area contributed by atoms with Gasteiger partial charge in [-0.2, -0.15) is 0 Å². The number of ether oxygens (including phenoxy) is 1. The third-order valence-electron chi connectivity index (χ3n) is 3.24. The molecule has 0 saturated carbocycles. The molecule has 19 heavy (non-hydrogen) atoms. The lowest BCUT2D eigenvalue weighted by Crippen LogP contribution is -2.41. The van der Waals surface area contributed by atoms with Gasteiger partial charge in [-0.1, -0.05) is 36.2 Å². The Balaban J connectivity index is 2.76. The molecule has 1 aromatic rings. The molecule has 0 heterocycles. The molecule has 0 fully saturated rings. The van der Waals surface area contributed by atoms with Crippen LogP contribution in [0.4, 0.5) is 0 Å². The standard InChI is InChI=1S/C14H20BrNO3/c1-4-9(2)13(14(17)18)16-8-10-7-11(19-3)5-6-12(10)15/h5-7,9,13,16H,4,8H2,1-3H3,(H,17,18)/t9-,13-/m0/s1. The van der Waals surface area contributed by atoms with E-state index in [-0.39, 0.29) is 5.92 Å². The number of hydrogen-bond acceptors (Lipinski definition) is 3. The second kappa shape index (κ2) is 7.50. The van der Waals surface area contributed by atoms with E-state index in [1.165, 1.54) is 0 Å². The predicted octanol–water partition coefficient (Wildman–Crippen LogP) is 3.05. The lowest BCUT2D eigenvalue weighted by molar-refractivity contribution is -0.140. The van der Waals surface area contributed by atoms with Crippen molar-refractivity contribution >= 4 is 21.9 Å². The molecule has 0 aliphatic carbocycles. The lowest BCUT2D eigenvalue weighted by Gasteiger charge is -2.20. The molecule has 0 radical (unpaired) electrons. The number of rotatable bonds is 7. The van der Waals surface area contributed by atoms with Gasteiger partial charge in [-0.15, -0.1) is 0 Å². The highest BCUT2D eigenvalue weighted by Crippen LogP contribution is 2.22. The normalized spacial score (nSPS) is 13.9. The van der Waals surface area contributed by atoms with Crippen LogP contribution in [0.5, 0.6) is 5.75 Å². The molecule has 0 unspecified atom stereocenters. The summed E-state index contributed by atoms with van der Waals surface area (Å²) in [5.74, 6) is 0.0330. The Hall–Kier alpha value is -1.07. The van der Waals surface area contributed by atoms with E-state index in [0.29, 0.717) is 6.54 Å². The Morgan fingerprint density at radius 2 is 2.21 bits per heavy atom. The molecule has 2 N–H and O–H groups in total. The number of benzene rings is 1. The van der Waals surface area contributed by atoms with Gasteiger partial charge in [0.05, 0.1) is 7.11 Å². The number of hydrogen-bond donors (Lipinski definition) is 2. The van der Waals surface area contributed by atoms with Crippen LogP contribution in [-0.4, -0.2) is 24.2 Å². The van der Waals surface area contributed by atoms with Crippen LogP contribution in [0.3, 0.4) is 0 Å². The summed E-state index contributed by atoms with van der Waals surface area (Å²) in [7, 11) is 1.61. The Kier molecular flexibility index (Phi) is 6.31. The van der Waals surface area contributed by atoms with Crippen molar-refractivity contribution in [2.24, 2.45) is 5.92 Å². The summed E-state index contributed by atoms with van der Waals surface area (Å²) in [6.07, 6.45) is 0.823. The Labute approximate surface area is 122 Å². The quantitative estimate of drug-likeness (QED) is 0.807. The first kappa shape index (κ1) is 16.0. The van der Waals surface area contributed by atoms with Crippen LogP contribution in [0.2, 0.25) is 0 Å². The third kappa shape index (κ3) is 4.51. The molecule has 0 aliphatic rings. The average Bonchev–Trinajstić information content (AvgIpc) is 2.40. The third-order valence-corrected chi connectivity index (χ3v) is 4.02. The zero-order valence-corrected chi connectivity index (χ0v) is 13.0. The molecule has 5 heteroatoms. The summed E-state index contributed by atoms with van der Waals surface area (Å²) in [5, 5.41) is 12.3. The lowest BCUT2D eigenvalue weighted by atomic mass is 9.99. The summed E-state index contributed by atoms with van der Waals surface area (Å²) in [6, 6.07) is 5.11. The maximum atomic E-state index is 11.2. The zero-order valence-electron chi connectivity index (χ0n) is 11.4. The van der Waals surface area contributed by atoms with Crippen LogP contribution in [-0.2, 0) is 11.3 Å². The zero-order chi connectivity index (χ0) is 14.4. The molecule has 0 saturated heterocycles. The SMILES string of the molecule is CC[C@H](C)[C@H](NCc1cc(OC)ccc1Br)C(=O)O. The van der Waals surface area contributed by atoms with E-state index in [2.05, 4.69) is 21.2 Å². The van der Waals surface area contributed by atoms with E-state index < -0.39 is 12.0 Å². The van der Waals surface area contributed by atoms with Gasteiger partial charge in [0.25, 0.3) is 0 Å². The van der Waals surface area contributed by atoms with E-state index in [1.54, 1.807) is 7.11 Å². The number of halogens is 1. The monoisotopic (exact) mass is 329 g/mol. The van der Waals surface area contributed by atoms with Gasteiger partial charge < -0.3 is 15.2 Å². The highest BCUT2D eigenvalue weighted by atomic mass is 79.9. The maximum Gasteiger partial charge on any atom is 0.320 e. The van der Waals surface area contributed by atoms with Gasteiger partial charge >= 0.3 is 5.97 Å². The fourth-order valence-corrected chi connectivity index (χ4v) is 2.19. The molecular formula is C14H20BrNO3. The number of carboxylic acids is 1. The fourth-order valence-electron chi connectivity index (χ4n) is 1.80. The minimum absolute atomic E-state index is 0.0851. The van der Waals surface area contributed by atoms with E-state index in [4.69, 9.17) is 4.74 Å². The second-order valence-corrected chi connectivity index (χ2v) is 5.39. The first-order valence-corrected chi connectivity index (χ1v) is 7.07.